The van der Waals surface area contributed by atoms with Crippen LogP contribution in [0.2, 0.25) is 0 Å². The molecule has 5 heteroatoms. The Morgan fingerprint density at radius 1 is 1.24 bits per heavy atom. The molecule has 3 N–H and O–H groups in total. The van der Waals surface area contributed by atoms with Gasteiger partial charge in [0.2, 0.25) is 0 Å². The fraction of sp³-hybridized carbons (Fsp3) is 0.800. The number of fused-ring (bicyclic) bond motifs is 5. The molecule has 0 amide bonds. The highest BCUT2D eigenvalue weighted by Crippen LogP contribution is 2.64. The Bertz CT molecular complexity index is 643. The molecule has 6 atom stereocenters. The molecule has 0 bridgehead atoms. The van der Waals surface area contributed by atoms with Crippen LogP contribution in [0, 0.1) is 28.6 Å². The first-order valence-electron chi connectivity index (χ1n) is 9.84. The monoisotopic (exact) mass is 377 g/mol. The third kappa shape index (κ3) is 2.77. The van der Waals surface area contributed by atoms with Crippen LogP contribution in [0.1, 0.15) is 65.2 Å². The van der Waals surface area contributed by atoms with Crippen molar-refractivity contribution in [1.82, 2.24) is 5.43 Å². The van der Waals surface area contributed by atoms with Crippen LogP contribution in [0.15, 0.2) is 16.8 Å². The summed E-state index contributed by atoms with van der Waals surface area (Å²) in [6.45, 7) is 4.99. The van der Waals surface area contributed by atoms with Crippen LogP contribution < -0.4 is 11.2 Å². The first-order chi connectivity index (χ1) is 11.8. The summed E-state index contributed by atoms with van der Waals surface area (Å²) in [5, 5.41) is 5.44. The molecule has 4 aliphatic carbocycles. The predicted octanol–water partition coefficient (Wildman–Crippen LogP) is 4.44. The zero-order chi connectivity index (χ0) is 17.8. The maximum absolute atomic E-state index is 5.59. The SMILES string of the molecule is C[C@]12CC[C@@H](S)CC1=CC[C@@H]1[C@@H]2CC[C@]2(C)/C(=N\NC(N)=S)CC[C@@H]12. The number of nitrogens with two attached hydrogens (primary N) is 1. The Hall–Kier alpha value is -0.550. The third-order valence-electron chi connectivity index (χ3n) is 8.12. The molecule has 3 saturated carbocycles. The lowest BCUT2D eigenvalue weighted by Gasteiger charge is -2.57. The quantitative estimate of drug-likeness (QED) is 0.274. The van der Waals surface area contributed by atoms with Crippen LogP contribution >= 0.6 is 24.8 Å². The van der Waals surface area contributed by atoms with Gasteiger partial charge in [0.05, 0.1) is 0 Å². The maximum atomic E-state index is 5.59. The molecule has 0 radical (unpaired) electrons. The van der Waals surface area contributed by atoms with E-state index in [4.69, 9.17) is 30.6 Å². The van der Waals surface area contributed by atoms with E-state index in [1.807, 2.05) is 0 Å². The van der Waals surface area contributed by atoms with Crippen molar-refractivity contribution in [1.29, 1.82) is 0 Å². The molecule has 25 heavy (non-hydrogen) atoms. The second kappa shape index (κ2) is 6.26. The molecule has 0 aromatic rings. The van der Waals surface area contributed by atoms with Gasteiger partial charge in [0.25, 0.3) is 0 Å². The highest BCUT2D eigenvalue weighted by molar-refractivity contribution is 7.81. The molecule has 4 rings (SSSR count). The van der Waals surface area contributed by atoms with Crippen molar-refractivity contribution in [3.05, 3.63) is 11.6 Å². The van der Waals surface area contributed by atoms with Gasteiger partial charge in [0, 0.05) is 16.4 Å². The van der Waals surface area contributed by atoms with Crippen LogP contribution in [0.25, 0.3) is 0 Å². The lowest BCUT2D eigenvalue weighted by molar-refractivity contribution is -0.00568. The summed E-state index contributed by atoms with van der Waals surface area (Å²) in [4.78, 5) is 0. The second-order valence-electron chi connectivity index (χ2n) is 9.19. The van der Waals surface area contributed by atoms with Gasteiger partial charge >= 0.3 is 0 Å². The zero-order valence-electron chi connectivity index (χ0n) is 15.4. The van der Waals surface area contributed by atoms with Crippen LogP contribution in [0.4, 0.5) is 0 Å². The summed E-state index contributed by atoms with van der Waals surface area (Å²) in [7, 11) is 0. The minimum absolute atomic E-state index is 0.224. The molecule has 0 aromatic carbocycles. The molecule has 0 aliphatic heterocycles. The van der Waals surface area contributed by atoms with E-state index in [1.54, 1.807) is 5.57 Å². The van der Waals surface area contributed by atoms with E-state index in [0.717, 1.165) is 24.2 Å². The van der Waals surface area contributed by atoms with Gasteiger partial charge in [0.1, 0.15) is 0 Å². The lowest BCUT2D eigenvalue weighted by atomic mass is 9.48. The minimum Gasteiger partial charge on any atom is -0.375 e. The van der Waals surface area contributed by atoms with E-state index < -0.39 is 0 Å². The molecular weight excluding hydrogens is 346 g/mol. The molecular formula is C20H31N3S2. The molecule has 3 nitrogen and oxygen atoms in total. The Balaban J connectivity index is 1.62. The minimum atomic E-state index is 0.224. The van der Waals surface area contributed by atoms with Gasteiger partial charge in [-0.2, -0.15) is 17.7 Å². The van der Waals surface area contributed by atoms with Gasteiger partial charge in [-0.15, -0.1) is 0 Å². The summed E-state index contributed by atoms with van der Waals surface area (Å²) in [5.41, 5.74) is 12.1. The average Bonchev–Trinajstić information content (AvgIpc) is 2.90. The third-order valence-corrected chi connectivity index (χ3v) is 8.65. The van der Waals surface area contributed by atoms with Gasteiger partial charge < -0.3 is 5.73 Å². The van der Waals surface area contributed by atoms with E-state index in [0.29, 0.717) is 10.7 Å². The molecule has 0 unspecified atom stereocenters. The van der Waals surface area contributed by atoms with Crippen molar-refractivity contribution in [2.45, 2.75) is 70.5 Å². The highest BCUT2D eigenvalue weighted by Gasteiger charge is 2.57. The number of thiol groups is 1. The van der Waals surface area contributed by atoms with Crippen molar-refractivity contribution in [3.63, 3.8) is 0 Å². The number of nitrogens with one attached hydrogen (secondary N) is 1. The fourth-order valence-corrected chi connectivity index (χ4v) is 7.11. The average molecular weight is 378 g/mol. The topological polar surface area (TPSA) is 50.4 Å². The fourth-order valence-electron chi connectivity index (χ4n) is 6.74. The Morgan fingerprint density at radius 2 is 1.96 bits per heavy atom. The highest BCUT2D eigenvalue weighted by atomic mass is 32.1. The molecule has 0 aromatic heterocycles. The first-order valence-corrected chi connectivity index (χ1v) is 10.8. The van der Waals surface area contributed by atoms with Gasteiger partial charge in [-0.25, -0.2) is 0 Å². The van der Waals surface area contributed by atoms with Crippen LogP contribution in [0.3, 0.4) is 0 Å². The van der Waals surface area contributed by atoms with Gasteiger partial charge in [-0.05, 0) is 86.8 Å². The summed E-state index contributed by atoms with van der Waals surface area (Å²) in [6, 6.07) is 0. The van der Waals surface area contributed by atoms with Crippen LogP contribution in [-0.4, -0.2) is 16.1 Å². The Labute approximate surface area is 162 Å². The Morgan fingerprint density at radius 3 is 2.72 bits per heavy atom. The van der Waals surface area contributed by atoms with Crippen molar-refractivity contribution < 1.29 is 0 Å². The largest absolute Gasteiger partial charge is 0.375 e. The van der Waals surface area contributed by atoms with E-state index in [1.165, 1.54) is 50.7 Å². The number of allylic oxidation sites excluding steroid dienone is 2. The standard InChI is InChI=1S/C20H31N3S2/c1-19-9-7-13(24)11-12(19)3-4-14-15-5-6-17(22-23-18(21)25)20(15,2)10-8-16(14)19/h3,13-16,24H,4-11H2,1-2H3,(H3,21,23,25)/b22-17-/t13-,14+,15+,16+,19+,20+/m1/s1. The summed E-state index contributed by atoms with van der Waals surface area (Å²) < 4.78 is 0. The number of hydrazone groups is 1. The molecule has 3 fully saturated rings. The number of hydrogen-bond acceptors (Lipinski definition) is 3. The van der Waals surface area contributed by atoms with Gasteiger partial charge in [-0.3, -0.25) is 5.43 Å². The Kier molecular flexibility index (Phi) is 4.47. The van der Waals surface area contributed by atoms with Crippen molar-refractivity contribution >= 4 is 35.7 Å². The molecule has 0 heterocycles. The number of rotatable bonds is 1. The van der Waals surface area contributed by atoms with E-state index in [2.05, 4.69) is 30.5 Å². The summed E-state index contributed by atoms with van der Waals surface area (Å²) in [6.07, 6.45) is 12.6. The summed E-state index contributed by atoms with van der Waals surface area (Å²) in [5.74, 6) is 2.40. The van der Waals surface area contributed by atoms with Gasteiger partial charge in [0.15, 0.2) is 5.11 Å². The lowest BCUT2D eigenvalue weighted by Crippen LogP contribution is -2.50. The number of hydrogen-bond donors (Lipinski definition) is 3. The maximum Gasteiger partial charge on any atom is 0.184 e. The van der Waals surface area contributed by atoms with Crippen molar-refractivity contribution in [3.8, 4) is 0 Å². The van der Waals surface area contributed by atoms with E-state index >= 15 is 0 Å². The molecule has 4 aliphatic rings. The summed E-state index contributed by atoms with van der Waals surface area (Å²) >= 11 is 9.71. The second-order valence-corrected chi connectivity index (χ2v) is 10.4. The predicted molar refractivity (Wildman–Crippen MR) is 112 cm³/mol. The van der Waals surface area contributed by atoms with Crippen LogP contribution in [0.5, 0.6) is 0 Å². The van der Waals surface area contributed by atoms with E-state index in [9.17, 15) is 0 Å². The van der Waals surface area contributed by atoms with Gasteiger partial charge in [-0.1, -0.05) is 25.5 Å². The first kappa shape index (κ1) is 17.8. The number of nitrogens with zero attached hydrogens (tertiary/aromatic N) is 1. The molecule has 0 saturated heterocycles. The normalized spacial score (nSPS) is 47.5. The van der Waals surface area contributed by atoms with Crippen molar-refractivity contribution in [2.24, 2.45) is 39.4 Å². The smallest absolute Gasteiger partial charge is 0.184 e. The van der Waals surface area contributed by atoms with E-state index in [-0.39, 0.29) is 10.5 Å². The van der Waals surface area contributed by atoms with Crippen molar-refractivity contribution in [2.75, 3.05) is 0 Å². The number of thiocarbonyl (C=S) groups is 1. The zero-order valence-corrected chi connectivity index (χ0v) is 17.1. The molecule has 0 spiro atoms. The van der Waals surface area contributed by atoms with Crippen LogP contribution in [-0.2, 0) is 0 Å². The molecule has 138 valence electrons.